The first-order chi connectivity index (χ1) is 57.7. The van der Waals surface area contributed by atoms with Gasteiger partial charge in [-0.2, -0.15) is 54.6 Å². The Balaban J connectivity index is 0.000000118. The first kappa shape index (κ1) is 79.1. The monoisotopic (exact) mass is 1590 g/mol. The van der Waals surface area contributed by atoms with Crippen LogP contribution in [-0.2, 0) is 38.2 Å². The molecule has 18 heterocycles. The van der Waals surface area contributed by atoms with Gasteiger partial charge in [-0.25, -0.2) is 67.4 Å². The van der Waals surface area contributed by atoms with E-state index in [1.54, 1.807) is 64.0 Å². The highest BCUT2D eigenvalue weighted by Gasteiger charge is 2.27. The molecule has 0 amide bonds. The number of aromatic nitrogens is 23. The van der Waals surface area contributed by atoms with Crippen molar-refractivity contribution in [3.05, 3.63) is 211 Å². The summed E-state index contributed by atoms with van der Waals surface area (Å²) in [6, 6.07) is 48.5. The Hall–Kier alpha value is -12.7. The molecule has 19 rings (SSSR count). The van der Waals surface area contributed by atoms with E-state index in [2.05, 4.69) is 152 Å². The van der Waals surface area contributed by atoms with Crippen molar-refractivity contribution in [3.8, 4) is 74.6 Å². The Kier molecular flexibility index (Phi) is 24.0. The number of rotatable bonds is 20. The van der Waals surface area contributed by atoms with Gasteiger partial charge < -0.3 is 28.6 Å². The standard InChI is InChI=1S/C24H28N6O3.C23H26N6O.C21H21FN6O.C19H19FN6/c1-3-19-18-7-8-20(26-24(18)29(28-19)17-10-13-32-14-11-17)21-9-12-25-30(21)22-5-4-6-23(27-22)33-16-15-31-2;1-16(2)28-23-20(17(3)26-28)8-9-21(25-23)22-10-11-24-29(22)19-6-4-18(5-7-19)27-12-14-30-15-13-27;1-2-16-15-6-7-17(24-21(15)27(26-16)14-9-12-29-13-10-14)18-8-11-23-28(18)20-5-3-4-19(22)25-20;1-4-14-13-8-9-15(22-19(13)25(24-14)12(2)3)16-10-11-21-26(16)18-7-5-6-17(20)23-18/h4-9,12,17H,3,10-11,13-16H2,1-2H3;4-11,16H,12-15H2,1-3H3;3-8,11,14H,2,9-10,12-13H2,1H3;5-12H,4H2,1-3H3. The molecule has 3 saturated heterocycles. The van der Waals surface area contributed by atoms with Gasteiger partial charge in [-0.15, -0.1) is 0 Å². The van der Waals surface area contributed by atoms with Gasteiger partial charge in [0.1, 0.15) is 6.61 Å². The van der Waals surface area contributed by atoms with Crippen LogP contribution in [0.3, 0.4) is 0 Å². The van der Waals surface area contributed by atoms with Crippen LogP contribution in [0.15, 0.2) is 176 Å². The Morgan fingerprint density at radius 3 is 1.25 bits per heavy atom. The van der Waals surface area contributed by atoms with E-state index in [9.17, 15) is 8.78 Å². The Morgan fingerprint density at radius 2 is 0.788 bits per heavy atom. The molecule has 0 unspecified atom stereocenters. The molecule has 1 aromatic carbocycles. The highest BCUT2D eigenvalue weighted by Crippen LogP contribution is 2.35. The van der Waals surface area contributed by atoms with Crippen molar-refractivity contribution in [2.24, 2.45) is 0 Å². The minimum atomic E-state index is -0.544. The number of hydrogen-bond donors (Lipinski definition) is 0. The van der Waals surface area contributed by atoms with E-state index >= 15 is 0 Å². The van der Waals surface area contributed by atoms with Crippen LogP contribution in [0.5, 0.6) is 5.88 Å². The van der Waals surface area contributed by atoms with Crippen LogP contribution >= 0.6 is 0 Å². The van der Waals surface area contributed by atoms with Crippen molar-refractivity contribution < 1.29 is 32.5 Å². The van der Waals surface area contributed by atoms with Crippen LogP contribution in [0.25, 0.3) is 113 Å². The maximum absolute atomic E-state index is 13.6. The molecule has 0 aliphatic carbocycles. The molecule has 3 aliphatic rings. The Morgan fingerprint density at radius 1 is 0.398 bits per heavy atom. The minimum Gasteiger partial charge on any atom is -0.475 e. The van der Waals surface area contributed by atoms with Crippen LogP contribution in [0.1, 0.15) is 121 Å². The molecule has 118 heavy (non-hydrogen) atoms. The number of benzene rings is 1. The van der Waals surface area contributed by atoms with Gasteiger partial charge in [-0.1, -0.05) is 39.0 Å². The Bertz CT molecular complexity index is 6110. The SMILES string of the molecule is CCc1nn(C(C)C)c2nc(-c3ccnn3-c3cccc(F)n3)ccc12.CCc1nn(C2CCOCC2)c2nc(-c3ccnn3-c3cccc(F)n3)ccc12.CCc1nn(C2CCOCC2)c2nc(-c3ccnn3-c3cccc(OCCOC)n3)ccc12.Cc1nn(C(C)C)c2nc(-c3ccnn3-c3ccc(N4CCOCC4)cc3)ccc12. The van der Waals surface area contributed by atoms with Crippen LogP contribution in [0, 0.1) is 18.8 Å². The minimum absolute atomic E-state index is 0.204. The number of ether oxygens (including phenoxy) is 5. The van der Waals surface area contributed by atoms with Gasteiger partial charge in [-0.3, -0.25) is 0 Å². The highest BCUT2D eigenvalue weighted by atomic mass is 19.1. The molecule has 29 nitrogen and oxygen atoms in total. The number of pyridine rings is 7. The second-order valence-corrected chi connectivity index (χ2v) is 29.4. The fourth-order valence-corrected chi connectivity index (χ4v) is 15.1. The molecule has 0 atom stereocenters. The molecule has 0 saturated carbocycles. The number of nitrogens with zero attached hydrogens (tertiary/aromatic N) is 24. The summed E-state index contributed by atoms with van der Waals surface area (Å²) in [5.41, 5.74) is 16.4. The van der Waals surface area contributed by atoms with Gasteiger partial charge in [0.15, 0.2) is 40.0 Å². The lowest BCUT2D eigenvalue weighted by Crippen LogP contribution is -2.36. The quantitative estimate of drug-likeness (QED) is 0.0506. The predicted molar refractivity (Wildman–Crippen MR) is 446 cm³/mol. The number of halogens is 2. The number of fused-ring (bicyclic) bond motifs is 4. The fourth-order valence-electron chi connectivity index (χ4n) is 15.1. The predicted octanol–water partition coefficient (Wildman–Crippen LogP) is 15.3. The van der Waals surface area contributed by atoms with Crippen LogP contribution in [0.2, 0.25) is 0 Å². The van der Waals surface area contributed by atoms with Crippen molar-refractivity contribution in [2.75, 3.05) is 78.0 Å². The van der Waals surface area contributed by atoms with Gasteiger partial charge in [0, 0.05) is 92.0 Å². The molecule has 15 aromatic heterocycles. The molecular formula is C87H94F2N24O5. The summed E-state index contributed by atoms with van der Waals surface area (Å²) in [4.78, 5) is 34.6. The molecule has 3 fully saturated rings. The molecule has 0 radical (unpaired) electrons. The summed E-state index contributed by atoms with van der Waals surface area (Å²) in [5, 5.41) is 41.1. The van der Waals surface area contributed by atoms with E-state index < -0.39 is 11.9 Å². The normalized spacial score (nSPS) is 14.2. The third-order valence-corrected chi connectivity index (χ3v) is 21.1. The molecule has 606 valence electrons. The average molecular weight is 1590 g/mol. The second kappa shape index (κ2) is 35.8. The number of methoxy groups -OCH3 is 1. The van der Waals surface area contributed by atoms with E-state index in [-0.39, 0.29) is 18.1 Å². The zero-order valence-electron chi connectivity index (χ0n) is 67.6. The lowest BCUT2D eigenvalue weighted by molar-refractivity contribution is 0.0671. The molecular weight excluding hydrogens is 1500 g/mol. The lowest BCUT2D eigenvalue weighted by Gasteiger charge is -2.28. The van der Waals surface area contributed by atoms with Gasteiger partial charge >= 0.3 is 0 Å². The first-order valence-corrected chi connectivity index (χ1v) is 40.3. The van der Waals surface area contributed by atoms with Crippen molar-refractivity contribution in [1.82, 2.24) is 113 Å². The van der Waals surface area contributed by atoms with E-state index in [4.69, 9.17) is 58.9 Å². The van der Waals surface area contributed by atoms with E-state index in [1.807, 2.05) is 93.9 Å². The zero-order valence-corrected chi connectivity index (χ0v) is 67.6. The third kappa shape index (κ3) is 16.7. The van der Waals surface area contributed by atoms with Gasteiger partial charge in [0.2, 0.25) is 17.8 Å². The molecule has 31 heteroatoms. The zero-order chi connectivity index (χ0) is 81.3. The van der Waals surface area contributed by atoms with Gasteiger partial charge in [0.05, 0.1) is 131 Å². The van der Waals surface area contributed by atoms with E-state index in [0.717, 1.165) is 216 Å². The van der Waals surface area contributed by atoms with Crippen LogP contribution in [0.4, 0.5) is 14.5 Å². The molecule has 3 aliphatic heterocycles. The summed E-state index contributed by atoms with van der Waals surface area (Å²) in [6.07, 6.45) is 13.2. The number of hydrogen-bond acceptors (Lipinski definition) is 21. The van der Waals surface area contributed by atoms with Crippen molar-refractivity contribution in [2.45, 2.75) is 125 Å². The van der Waals surface area contributed by atoms with E-state index in [1.165, 1.54) is 17.8 Å². The number of morpholine rings is 1. The largest absolute Gasteiger partial charge is 0.475 e. The molecule has 16 aromatic rings. The third-order valence-electron chi connectivity index (χ3n) is 21.1. The first-order valence-electron chi connectivity index (χ1n) is 40.3. The molecule has 0 spiro atoms. The fraction of sp³-hybridized carbons (Fsp3) is 0.345. The van der Waals surface area contributed by atoms with Crippen LogP contribution in [-0.4, -0.2) is 186 Å². The van der Waals surface area contributed by atoms with Crippen molar-refractivity contribution in [1.29, 1.82) is 0 Å². The maximum Gasteiger partial charge on any atom is 0.215 e. The molecule has 0 bridgehead atoms. The highest BCUT2D eigenvalue weighted by molar-refractivity contribution is 5.84. The van der Waals surface area contributed by atoms with Crippen molar-refractivity contribution >= 4 is 49.8 Å². The summed E-state index contributed by atoms with van der Waals surface area (Å²) < 4.78 is 69.4. The molecule has 0 N–H and O–H groups in total. The summed E-state index contributed by atoms with van der Waals surface area (Å²) >= 11 is 0. The smallest absolute Gasteiger partial charge is 0.215 e. The lowest BCUT2D eigenvalue weighted by atomic mass is 10.1. The van der Waals surface area contributed by atoms with E-state index in [0.29, 0.717) is 42.6 Å². The Labute approximate surface area is 680 Å². The van der Waals surface area contributed by atoms with Gasteiger partial charge in [-0.05, 0) is 207 Å². The second-order valence-electron chi connectivity index (χ2n) is 29.4. The number of anilines is 1. The summed E-state index contributed by atoms with van der Waals surface area (Å²) in [7, 11) is 1.64. The summed E-state index contributed by atoms with van der Waals surface area (Å²) in [5.74, 6) is 0.937. The maximum atomic E-state index is 13.6. The van der Waals surface area contributed by atoms with Crippen molar-refractivity contribution in [3.63, 3.8) is 0 Å². The van der Waals surface area contributed by atoms with Crippen LogP contribution < -0.4 is 9.64 Å². The average Bonchev–Trinajstić information content (AvgIpc) is 1.62. The summed E-state index contributed by atoms with van der Waals surface area (Å²) in [6.45, 7) is 24.1. The topological polar surface area (TPSA) is 282 Å². The van der Waals surface area contributed by atoms with Gasteiger partial charge in [0.25, 0.3) is 0 Å². The number of aryl methyl sites for hydroxylation is 4.